The molecule has 0 heterocycles. The Morgan fingerprint density at radius 3 is 1.86 bits per heavy atom. The predicted molar refractivity (Wildman–Crippen MR) is 57.5 cm³/mol. The Labute approximate surface area is 86.4 Å². The molecule has 0 aromatic heterocycles. The highest BCUT2D eigenvalue weighted by atomic mass is 19.3. The summed E-state index contributed by atoms with van der Waals surface area (Å²) in [6.07, 6.45) is 7.39. The summed E-state index contributed by atoms with van der Waals surface area (Å²) >= 11 is 0. The number of halogens is 2. The van der Waals surface area contributed by atoms with Gasteiger partial charge >= 0.3 is 0 Å². The number of hydrogen-bond acceptors (Lipinski definition) is 0. The zero-order chi connectivity index (χ0) is 10.8. The van der Waals surface area contributed by atoms with E-state index in [2.05, 4.69) is 6.92 Å². The van der Waals surface area contributed by atoms with Gasteiger partial charge in [-0.1, -0.05) is 45.4 Å². The van der Waals surface area contributed by atoms with Crippen LogP contribution in [0.2, 0.25) is 0 Å². The van der Waals surface area contributed by atoms with Crippen LogP contribution in [0.1, 0.15) is 65.2 Å². The lowest BCUT2D eigenvalue weighted by molar-refractivity contribution is 0.406. The van der Waals surface area contributed by atoms with Crippen molar-refractivity contribution in [3.05, 3.63) is 11.7 Å². The summed E-state index contributed by atoms with van der Waals surface area (Å²) in [4.78, 5) is 0. The summed E-state index contributed by atoms with van der Waals surface area (Å²) in [6.45, 7) is 3.71. The first-order chi connectivity index (χ1) is 6.68. The molecule has 0 N–H and O–H groups in total. The topological polar surface area (TPSA) is 0 Å². The van der Waals surface area contributed by atoms with Crippen LogP contribution < -0.4 is 0 Å². The van der Waals surface area contributed by atoms with Crippen LogP contribution in [0.4, 0.5) is 8.78 Å². The zero-order valence-electron chi connectivity index (χ0n) is 9.41. The predicted octanol–water partition coefficient (Wildman–Crippen LogP) is 5.30. The summed E-state index contributed by atoms with van der Waals surface area (Å²) in [5.74, 6) is 0. The molecular formula is C12H22F2. The highest BCUT2D eigenvalue weighted by Crippen LogP contribution is 2.16. The van der Waals surface area contributed by atoms with Crippen molar-refractivity contribution in [3.8, 4) is 0 Å². The van der Waals surface area contributed by atoms with E-state index in [4.69, 9.17) is 0 Å². The standard InChI is InChI=1S/C12H22F2/c1-3-4-5-6-7-8-9-10-11(2)12(13)14/h3-10H2,1-2H3. The fourth-order valence-electron chi connectivity index (χ4n) is 1.44. The van der Waals surface area contributed by atoms with Gasteiger partial charge in [-0.05, 0) is 25.3 Å². The lowest BCUT2D eigenvalue weighted by atomic mass is 10.1. The maximum Gasteiger partial charge on any atom is 0.269 e. The van der Waals surface area contributed by atoms with Crippen LogP contribution in [0.15, 0.2) is 11.7 Å². The third-order valence-corrected chi connectivity index (χ3v) is 2.48. The Morgan fingerprint density at radius 1 is 0.857 bits per heavy atom. The van der Waals surface area contributed by atoms with Gasteiger partial charge in [0.05, 0.1) is 0 Å². The van der Waals surface area contributed by atoms with E-state index in [0.717, 1.165) is 12.8 Å². The van der Waals surface area contributed by atoms with E-state index >= 15 is 0 Å². The van der Waals surface area contributed by atoms with Crippen LogP contribution >= 0.6 is 0 Å². The van der Waals surface area contributed by atoms with Gasteiger partial charge in [0.1, 0.15) is 0 Å². The second-order valence-corrected chi connectivity index (χ2v) is 3.91. The molecule has 0 fully saturated rings. The second-order valence-electron chi connectivity index (χ2n) is 3.91. The van der Waals surface area contributed by atoms with Gasteiger partial charge in [-0.15, -0.1) is 0 Å². The summed E-state index contributed by atoms with van der Waals surface area (Å²) in [6, 6.07) is 0. The summed E-state index contributed by atoms with van der Waals surface area (Å²) in [5, 5.41) is 0. The van der Waals surface area contributed by atoms with Gasteiger partial charge in [0.15, 0.2) is 0 Å². The molecule has 0 aliphatic carbocycles. The maximum atomic E-state index is 12.0. The first-order valence-corrected chi connectivity index (χ1v) is 5.69. The minimum Gasteiger partial charge on any atom is -0.173 e. The van der Waals surface area contributed by atoms with Gasteiger partial charge < -0.3 is 0 Å². The van der Waals surface area contributed by atoms with E-state index in [9.17, 15) is 8.78 Å². The van der Waals surface area contributed by atoms with Gasteiger partial charge in [-0.25, -0.2) is 0 Å². The maximum absolute atomic E-state index is 12.0. The molecular weight excluding hydrogens is 182 g/mol. The van der Waals surface area contributed by atoms with Crippen molar-refractivity contribution >= 4 is 0 Å². The molecule has 0 aromatic rings. The van der Waals surface area contributed by atoms with Crippen LogP contribution in [0.3, 0.4) is 0 Å². The molecule has 0 aliphatic heterocycles. The van der Waals surface area contributed by atoms with Crippen molar-refractivity contribution in [2.45, 2.75) is 65.2 Å². The van der Waals surface area contributed by atoms with Crippen molar-refractivity contribution in [1.29, 1.82) is 0 Å². The fraction of sp³-hybridized carbons (Fsp3) is 0.833. The van der Waals surface area contributed by atoms with E-state index in [1.54, 1.807) is 0 Å². The van der Waals surface area contributed by atoms with E-state index < -0.39 is 6.08 Å². The molecule has 0 rings (SSSR count). The van der Waals surface area contributed by atoms with Crippen LogP contribution in [-0.4, -0.2) is 0 Å². The minimum atomic E-state index is -1.49. The summed E-state index contributed by atoms with van der Waals surface area (Å²) < 4.78 is 24.0. The third kappa shape index (κ3) is 8.21. The molecule has 0 amide bonds. The van der Waals surface area contributed by atoms with Gasteiger partial charge in [0, 0.05) is 0 Å². The molecule has 2 heteroatoms. The third-order valence-electron chi connectivity index (χ3n) is 2.48. The Morgan fingerprint density at radius 2 is 1.36 bits per heavy atom. The normalized spacial score (nSPS) is 10.3. The van der Waals surface area contributed by atoms with E-state index in [1.807, 2.05) is 0 Å². The fourth-order valence-corrected chi connectivity index (χ4v) is 1.44. The van der Waals surface area contributed by atoms with Crippen LogP contribution in [0.5, 0.6) is 0 Å². The first kappa shape index (κ1) is 13.6. The van der Waals surface area contributed by atoms with Gasteiger partial charge in [-0.2, -0.15) is 8.78 Å². The number of hydrogen-bond donors (Lipinski definition) is 0. The molecule has 0 saturated heterocycles. The molecule has 14 heavy (non-hydrogen) atoms. The van der Waals surface area contributed by atoms with E-state index in [0.29, 0.717) is 6.42 Å². The largest absolute Gasteiger partial charge is 0.269 e. The van der Waals surface area contributed by atoms with Gasteiger partial charge in [0.2, 0.25) is 0 Å². The molecule has 0 atom stereocenters. The number of allylic oxidation sites excluding steroid dienone is 1. The molecule has 0 spiro atoms. The quantitative estimate of drug-likeness (QED) is 0.471. The van der Waals surface area contributed by atoms with E-state index in [1.165, 1.54) is 39.0 Å². The average Bonchev–Trinajstić information content (AvgIpc) is 2.16. The number of rotatable bonds is 8. The van der Waals surface area contributed by atoms with Crippen LogP contribution in [-0.2, 0) is 0 Å². The Hall–Kier alpha value is -0.400. The average molecular weight is 204 g/mol. The Bertz CT molecular complexity index is 158. The molecule has 0 radical (unpaired) electrons. The monoisotopic (exact) mass is 204 g/mol. The summed E-state index contributed by atoms with van der Waals surface area (Å²) in [7, 11) is 0. The Balaban J connectivity index is 3.18. The molecule has 0 saturated carbocycles. The van der Waals surface area contributed by atoms with Crippen molar-refractivity contribution in [3.63, 3.8) is 0 Å². The molecule has 0 aromatic carbocycles. The molecule has 84 valence electrons. The van der Waals surface area contributed by atoms with Crippen LogP contribution in [0, 0.1) is 0 Å². The van der Waals surface area contributed by atoms with Crippen molar-refractivity contribution in [2.75, 3.05) is 0 Å². The number of unbranched alkanes of at least 4 members (excludes halogenated alkanes) is 6. The zero-order valence-corrected chi connectivity index (χ0v) is 9.41. The molecule has 0 nitrogen and oxygen atoms in total. The van der Waals surface area contributed by atoms with Crippen LogP contribution in [0.25, 0.3) is 0 Å². The van der Waals surface area contributed by atoms with Crippen molar-refractivity contribution in [2.24, 2.45) is 0 Å². The van der Waals surface area contributed by atoms with Crippen molar-refractivity contribution in [1.82, 2.24) is 0 Å². The Kier molecular flexibility index (Phi) is 8.90. The lowest BCUT2D eigenvalue weighted by Gasteiger charge is -2.01. The second kappa shape index (κ2) is 9.17. The van der Waals surface area contributed by atoms with E-state index in [-0.39, 0.29) is 5.57 Å². The summed E-state index contributed by atoms with van der Waals surface area (Å²) in [5.41, 5.74) is 0.263. The highest BCUT2D eigenvalue weighted by molar-refractivity contribution is 4.97. The SMILES string of the molecule is CCCCCCCCCC(C)=C(F)F. The lowest BCUT2D eigenvalue weighted by Crippen LogP contribution is -1.82. The van der Waals surface area contributed by atoms with Gasteiger partial charge in [0.25, 0.3) is 6.08 Å². The first-order valence-electron chi connectivity index (χ1n) is 5.69. The van der Waals surface area contributed by atoms with Crippen molar-refractivity contribution < 1.29 is 8.78 Å². The molecule has 0 aliphatic rings. The smallest absolute Gasteiger partial charge is 0.173 e. The molecule has 0 bridgehead atoms. The minimum absolute atomic E-state index is 0.263. The van der Waals surface area contributed by atoms with Gasteiger partial charge in [-0.3, -0.25) is 0 Å². The highest BCUT2D eigenvalue weighted by Gasteiger charge is 1.99. The molecule has 0 unspecified atom stereocenters.